The van der Waals surface area contributed by atoms with Crippen LogP contribution in [-0.2, 0) is 9.47 Å². The molecule has 1 N–H and O–H groups in total. The van der Waals surface area contributed by atoms with E-state index in [-0.39, 0.29) is 11.7 Å². The number of rotatable bonds is 6. The number of fused-ring (bicyclic) bond motifs is 1. The number of morpholine rings is 1. The molecule has 1 saturated carbocycles. The highest BCUT2D eigenvalue weighted by atomic mass is 16.5. The Bertz CT molecular complexity index is 1010. The van der Waals surface area contributed by atoms with Gasteiger partial charge in [-0.3, -0.25) is 5.10 Å². The van der Waals surface area contributed by atoms with Crippen LogP contribution in [0.4, 0.5) is 5.82 Å². The summed E-state index contributed by atoms with van der Waals surface area (Å²) >= 11 is 0. The number of H-pyrrole nitrogens is 1. The van der Waals surface area contributed by atoms with E-state index < -0.39 is 0 Å². The van der Waals surface area contributed by atoms with Gasteiger partial charge in [0.25, 0.3) is 0 Å². The molecule has 1 aromatic carbocycles. The first kappa shape index (κ1) is 18.3. The lowest BCUT2D eigenvalue weighted by molar-refractivity contribution is -0.0102. The lowest BCUT2D eigenvalue weighted by atomic mass is 10.1. The Kier molecular flexibility index (Phi) is 4.60. The Morgan fingerprint density at radius 2 is 2.17 bits per heavy atom. The lowest BCUT2D eigenvalue weighted by Gasteiger charge is -2.33. The van der Waals surface area contributed by atoms with Crippen molar-refractivity contribution < 1.29 is 14.2 Å². The third-order valence-corrected chi connectivity index (χ3v) is 5.56. The van der Waals surface area contributed by atoms with Crippen LogP contribution in [0, 0.1) is 0 Å². The van der Waals surface area contributed by atoms with Crippen molar-refractivity contribution in [2.24, 2.45) is 0 Å². The van der Waals surface area contributed by atoms with Crippen molar-refractivity contribution in [2.45, 2.75) is 31.5 Å². The van der Waals surface area contributed by atoms with Crippen molar-refractivity contribution >= 4 is 16.7 Å². The summed E-state index contributed by atoms with van der Waals surface area (Å²) in [5.41, 5.74) is 2.52. The van der Waals surface area contributed by atoms with Crippen molar-refractivity contribution in [3.8, 4) is 17.1 Å². The fourth-order valence-corrected chi connectivity index (χ4v) is 3.68. The molecule has 0 amide bonds. The third-order valence-electron chi connectivity index (χ3n) is 5.56. The highest BCUT2D eigenvalue weighted by molar-refractivity contribution is 5.93. The number of anilines is 1. The molecular weight excluding hydrogens is 370 g/mol. The van der Waals surface area contributed by atoms with Crippen LogP contribution < -0.4 is 9.64 Å². The molecule has 1 saturated heterocycles. The van der Waals surface area contributed by atoms with E-state index in [4.69, 9.17) is 14.2 Å². The maximum atomic E-state index is 6.13. The van der Waals surface area contributed by atoms with Gasteiger partial charge in [0.05, 0.1) is 30.5 Å². The molecule has 8 nitrogen and oxygen atoms in total. The van der Waals surface area contributed by atoms with Crippen LogP contribution in [0.2, 0.25) is 0 Å². The minimum Gasteiger partial charge on any atom is -0.488 e. The lowest BCUT2D eigenvalue weighted by Crippen LogP contribution is -2.44. The molecule has 1 aliphatic heterocycles. The summed E-state index contributed by atoms with van der Waals surface area (Å²) in [5.74, 6) is 1.73. The molecule has 2 fully saturated rings. The van der Waals surface area contributed by atoms with Crippen molar-refractivity contribution in [1.82, 2.24) is 20.2 Å². The monoisotopic (exact) mass is 395 g/mol. The molecule has 29 heavy (non-hydrogen) atoms. The Balaban J connectivity index is 1.44. The van der Waals surface area contributed by atoms with Gasteiger partial charge in [-0.05, 0) is 38.0 Å². The minimum absolute atomic E-state index is 0.0191. The van der Waals surface area contributed by atoms with Crippen LogP contribution in [0.5, 0.6) is 5.75 Å². The quantitative estimate of drug-likeness (QED) is 0.687. The van der Waals surface area contributed by atoms with E-state index in [1.165, 1.54) is 0 Å². The Morgan fingerprint density at radius 1 is 1.28 bits per heavy atom. The van der Waals surface area contributed by atoms with Crippen molar-refractivity contribution in [2.75, 3.05) is 38.3 Å². The maximum absolute atomic E-state index is 6.13. The Morgan fingerprint density at radius 3 is 3.00 bits per heavy atom. The first-order valence-corrected chi connectivity index (χ1v) is 9.99. The largest absolute Gasteiger partial charge is 0.488 e. The van der Waals surface area contributed by atoms with Gasteiger partial charge in [0, 0.05) is 31.7 Å². The summed E-state index contributed by atoms with van der Waals surface area (Å²) < 4.78 is 17.1. The van der Waals surface area contributed by atoms with Crippen molar-refractivity contribution in [3.05, 3.63) is 30.6 Å². The van der Waals surface area contributed by atoms with Gasteiger partial charge in [0.1, 0.15) is 29.2 Å². The molecule has 1 atom stereocenters. The third kappa shape index (κ3) is 3.77. The zero-order valence-electron chi connectivity index (χ0n) is 16.7. The van der Waals surface area contributed by atoms with Gasteiger partial charge in [-0.25, -0.2) is 9.97 Å². The summed E-state index contributed by atoms with van der Waals surface area (Å²) in [5, 5.41) is 8.61. The van der Waals surface area contributed by atoms with Crippen molar-refractivity contribution in [1.29, 1.82) is 0 Å². The maximum Gasteiger partial charge on any atom is 0.132 e. The fraction of sp³-hybridized carbons (Fsp3) is 0.476. The summed E-state index contributed by atoms with van der Waals surface area (Å²) in [7, 11) is 1.69. The second-order valence-corrected chi connectivity index (χ2v) is 7.99. The second kappa shape index (κ2) is 7.27. The SMILES string of the molecule is COC[C@@H]1CN(c2cc(-c3n[nH]c4ccc(OC5(C)CC5)cc34)ncn2)CCO1. The first-order valence-electron chi connectivity index (χ1n) is 9.99. The molecule has 1 aliphatic carbocycles. The van der Waals surface area contributed by atoms with Crippen LogP contribution in [0.1, 0.15) is 19.8 Å². The van der Waals surface area contributed by atoms with Gasteiger partial charge in [0.15, 0.2) is 0 Å². The van der Waals surface area contributed by atoms with E-state index in [2.05, 4.69) is 32.0 Å². The van der Waals surface area contributed by atoms with Crippen LogP contribution in [-0.4, -0.2) is 65.3 Å². The number of aromatic amines is 1. The fourth-order valence-electron chi connectivity index (χ4n) is 3.68. The topological polar surface area (TPSA) is 85.4 Å². The van der Waals surface area contributed by atoms with Crippen molar-refractivity contribution in [3.63, 3.8) is 0 Å². The second-order valence-electron chi connectivity index (χ2n) is 7.99. The molecule has 5 rings (SSSR count). The van der Waals surface area contributed by atoms with E-state index in [1.807, 2.05) is 24.3 Å². The summed E-state index contributed by atoms with van der Waals surface area (Å²) in [4.78, 5) is 11.2. The zero-order valence-corrected chi connectivity index (χ0v) is 16.7. The van der Waals surface area contributed by atoms with Gasteiger partial charge in [0.2, 0.25) is 0 Å². The van der Waals surface area contributed by atoms with Gasteiger partial charge in [-0.1, -0.05) is 0 Å². The standard InChI is InChI=1S/C21H25N5O3/c1-21(5-6-21)29-14-3-4-17-16(9-14)20(25-24-17)18-10-19(23-13-22-18)26-7-8-28-15(11-26)12-27-2/h3-4,9-10,13,15H,5-8,11-12H2,1-2H3,(H,24,25)/t15-/m0/s1. The van der Waals surface area contributed by atoms with Gasteiger partial charge < -0.3 is 19.1 Å². The number of hydrogen-bond donors (Lipinski definition) is 1. The van der Waals surface area contributed by atoms with Gasteiger partial charge >= 0.3 is 0 Å². The predicted molar refractivity (Wildman–Crippen MR) is 109 cm³/mol. The number of ether oxygens (including phenoxy) is 3. The summed E-state index contributed by atoms with van der Waals surface area (Å²) in [6.45, 7) is 4.89. The normalized spacial score (nSPS) is 20.8. The smallest absolute Gasteiger partial charge is 0.132 e. The van der Waals surface area contributed by atoms with E-state index in [1.54, 1.807) is 13.4 Å². The van der Waals surface area contributed by atoms with E-state index >= 15 is 0 Å². The number of nitrogens with one attached hydrogen (secondary N) is 1. The zero-order chi connectivity index (χ0) is 19.8. The van der Waals surface area contributed by atoms with Gasteiger partial charge in [-0.2, -0.15) is 5.10 Å². The summed E-state index contributed by atoms with van der Waals surface area (Å²) in [6, 6.07) is 8.03. The number of benzene rings is 1. The Labute approximate surface area is 169 Å². The van der Waals surface area contributed by atoms with E-state index in [9.17, 15) is 0 Å². The molecule has 2 aromatic heterocycles. The molecule has 0 radical (unpaired) electrons. The highest BCUT2D eigenvalue weighted by Crippen LogP contribution is 2.40. The Hall–Kier alpha value is -2.71. The molecule has 3 aromatic rings. The molecule has 3 heterocycles. The first-order chi connectivity index (χ1) is 14.1. The molecular formula is C21H25N5O3. The minimum atomic E-state index is -0.0191. The highest BCUT2D eigenvalue weighted by Gasteiger charge is 2.40. The van der Waals surface area contributed by atoms with Crippen LogP contribution in [0.3, 0.4) is 0 Å². The number of methoxy groups -OCH3 is 1. The van der Waals surface area contributed by atoms with Gasteiger partial charge in [-0.15, -0.1) is 0 Å². The van der Waals surface area contributed by atoms with Crippen LogP contribution >= 0.6 is 0 Å². The number of nitrogens with zero attached hydrogens (tertiary/aromatic N) is 4. The molecule has 8 heteroatoms. The summed E-state index contributed by atoms with van der Waals surface area (Å²) in [6.07, 6.45) is 3.84. The number of aromatic nitrogens is 4. The average Bonchev–Trinajstić information content (AvgIpc) is 3.31. The molecule has 0 unspecified atom stereocenters. The molecule has 152 valence electrons. The van der Waals surface area contributed by atoms with Crippen LogP contribution in [0.25, 0.3) is 22.3 Å². The van der Waals surface area contributed by atoms with E-state index in [0.717, 1.165) is 59.8 Å². The molecule has 2 aliphatic rings. The molecule has 0 bridgehead atoms. The predicted octanol–water partition coefficient (Wildman–Crippen LogP) is 2.80. The number of hydrogen-bond acceptors (Lipinski definition) is 7. The van der Waals surface area contributed by atoms with E-state index in [0.29, 0.717) is 13.2 Å². The average molecular weight is 395 g/mol. The van der Waals surface area contributed by atoms with Crippen LogP contribution in [0.15, 0.2) is 30.6 Å². The molecule has 0 spiro atoms.